The lowest BCUT2D eigenvalue weighted by molar-refractivity contribution is -0.124. The van der Waals surface area contributed by atoms with Gasteiger partial charge in [-0.25, -0.2) is 0 Å². The third-order valence-corrected chi connectivity index (χ3v) is 3.77. The van der Waals surface area contributed by atoms with E-state index < -0.39 is 0 Å². The molecule has 1 fully saturated rings. The molecule has 1 heterocycles. The van der Waals surface area contributed by atoms with Crippen molar-refractivity contribution in [3.63, 3.8) is 0 Å². The van der Waals surface area contributed by atoms with Crippen LogP contribution < -0.4 is 5.32 Å². The van der Waals surface area contributed by atoms with E-state index >= 15 is 0 Å². The van der Waals surface area contributed by atoms with Gasteiger partial charge < -0.3 is 5.32 Å². The Hall–Kier alpha value is -1.53. The number of hydrogen-bond acceptors (Lipinski definition) is 4. The molecule has 0 aliphatic carbocycles. The highest BCUT2D eigenvalue weighted by Crippen LogP contribution is 2.18. The minimum Gasteiger partial charge on any atom is -0.350 e. The molecular formula is C12H11ClN2O3S. The summed E-state index contributed by atoms with van der Waals surface area (Å²) in [5, 5.41) is 2.73. The maximum atomic E-state index is 11.8. The van der Waals surface area contributed by atoms with Gasteiger partial charge in [-0.2, -0.15) is 0 Å². The lowest BCUT2D eigenvalue weighted by atomic mass is 10.2. The van der Waals surface area contributed by atoms with E-state index in [-0.39, 0.29) is 35.9 Å². The highest BCUT2D eigenvalue weighted by molar-refractivity contribution is 8.14. The van der Waals surface area contributed by atoms with Crippen molar-refractivity contribution in [3.8, 4) is 0 Å². The molecule has 0 bridgehead atoms. The average Bonchev–Trinajstić information content (AvgIpc) is 2.70. The van der Waals surface area contributed by atoms with Crippen LogP contribution in [0, 0.1) is 0 Å². The molecule has 1 aromatic rings. The molecule has 1 aromatic carbocycles. The van der Waals surface area contributed by atoms with Crippen LogP contribution >= 0.6 is 23.4 Å². The van der Waals surface area contributed by atoms with Gasteiger partial charge in [-0.1, -0.05) is 35.5 Å². The molecule has 0 aromatic heterocycles. The Morgan fingerprint density at radius 1 is 1.37 bits per heavy atom. The topological polar surface area (TPSA) is 66.5 Å². The molecule has 3 amide bonds. The van der Waals surface area contributed by atoms with Crippen LogP contribution in [0.25, 0.3) is 0 Å². The van der Waals surface area contributed by atoms with E-state index in [0.717, 1.165) is 16.7 Å². The second kappa shape index (κ2) is 6.08. The van der Waals surface area contributed by atoms with E-state index in [1.807, 2.05) is 0 Å². The fourth-order valence-corrected chi connectivity index (χ4v) is 2.59. The zero-order valence-corrected chi connectivity index (χ0v) is 11.5. The van der Waals surface area contributed by atoms with Crippen molar-refractivity contribution >= 4 is 40.4 Å². The summed E-state index contributed by atoms with van der Waals surface area (Å²) in [6.45, 7) is 0.392. The SMILES string of the molecule is O=C(NCCN1C(=O)CSC1=O)c1ccccc1Cl. The Morgan fingerprint density at radius 2 is 2.11 bits per heavy atom. The van der Waals surface area contributed by atoms with E-state index in [0.29, 0.717) is 10.6 Å². The van der Waals surface area contributed by atoms with Crippen molar-refractivity contribution in [3.05, 3.63) is 34.9 Å². The summed E-state index contributed by atoms with van der Waals surface area (Å²) in [4.78, 5) is 35.6. The summed E-state index contributed by atoms with van der Waals surface area (Å²) < 4.78 is 0. The fourth-order valence-electron chi connectivity index (χ4n) is 1.62. The molecule has 0 unspecified atom stereocenters. The van der Waals surface area contributed by atoms with Crippen molar-refractivity contribution in [2.75, 3.05) is 18.8 Å². The van der Waals surface area contributed by atoms with Gasteiger partial charge in [0.05, 0.1) is 16.3 Å². The minimum absolute atomic E-state index is 0.178. The normalized spacial score (nSPS) is 14.9. The number of imide groups is 1. The van der Waals surface area contributed by atoms with Crippen LogP contribution in [0.4, 0.5) is 4.79 Å². The number of nitrogens with one attached hydrogen (secondary N) is 1. The second-order valence-corrected chi connectivity index (χ2v) is 5.17. The van der Waals surface area contributed by atoms with Crippen molar-refractivity contribution in [1.29, 1.82) is 0 Å². The molecule has 0 atom stereocenters. The van der Waals surface area contributed by atoms with Crippen LogP contribution in [-0.2, 0) is 4.79 Å². The molecular weight excluding hydrogens is 288 g/mol. The van der Waals surface area contributed by atoms with E-state index in [1.165, 1.54) is 0 Å². The molecule has 5 nitrogen and oxygen atoms in total. The van der Waals surface area contributed by atoms with E-state index in [9.17, 15) is 14.4 Å². The highest BCUT2D eigenvalue weighted by atomic mass is 35.5. The molecule has 100 valence electrons. The first kappa shape index (κ1) is 13.9. The number of benzene rings is 1. The van der Waals surface area contributed by atoms with Gasteiger partial charge in [0.15, 0.2) is 0 Å². The summed E-state index contributed by atoms with van der Waals surface area (Å²) >= 11 is 6.86. The fraction of sp³-hybridized carbons (Fsp3) is 0.250. The summed E-state index contributed by atoms with van der Waals surface area (Å²) in [5.74, 6) is -0.364. The standard InChI is InChI=1S/C12H11ClN2O3S/c13-9-4-2-1-3-8(9)11(17)14-5-6-15-10(16)7-19-12(15)18/h1-4H,5-7H2,(H,14,17). The van der Waals surface area contributed by atoms with Crippen LogP contribution in [0.15, 0.2) is 24.3 Å². The predicted octanol–water partition coefficient (Wildman–Crippen LogP) is 1.77. The largest absolute Gasteiger partial charge is 0.350 e. The Labute approximate surface area is 119 Å². The first-order valence-electron chi connectivity index (χ1n) is 5.59. The lowest BCUT2D eigenvalue weighted by Gasteiger charge is -2.13. The van der Waals surface area contributed by atoms with E-state index in [1.54, 1.807) is 24.3 Å². The first-order valence-corrected chi connectivity index (χ1v) is 6.96. The van der Waals surface area contributed by atoms with Crippen molar-refractivity contribution < 1.29 is 14.4 Å². The van der Waals surface area contributed by atoms with E-state index in [4.69, 9.17) is 11.6 Å². The number of thioether (sulfide) groups is 1. The van der Waals surface area contributed by atoms with Crippen LogP contribution in [-0.4, -0.2) is 40.8 Å². The number of amides is 3. The smallest absolute Gasteiger partial charge is 0.288 e. The zero-order valence-electron chi connectivity index (χ0n) is 9.89. The predicted molar refractivity (Wildman–Crippen MR) is 73.4 cm³/mol. The summed E-state index contributed by atoms with van der Waals surface area (Å²) in [5.41, 5.74) is 0.373. The van der Waals surface area contributed by atoms with Crippen LogP contribution in [0.1, 0.15) is 10.4 Å². The quantitative estimate of drug-likeness (QED) is 0.920. The van der Waals surface area contributed by atoms with Crippen LogP contribution in [0.5, 0.6) is 0 Å². The molecule has 1 N–H and O–H groups in total. The second-order valence-electron chi connectivity index (χ2n) is 3.84. The molecule has 1 aliphatic heterocycles. The van der Waals surface area contributed by atoms with E-state index in [2.05, 4.69) is 5.32 Å². The summed E-state index contributed by atoms with van der Waals surface area (Å²) in [7, 11) is 0. The number of nitrogens with zero attached hydrogens (tertiary/aromatic N) is 1. The molecule has 0 saturated carbocycles. The van der Waals surface area contributed by atoms with Crippen molar-refractivity contribution in [2.24, 2.45) is 0 Å². The Kier molecular flexibility index (Phi) is 4.44. The van der Waals surface area contributed by atoms with Gasteiger partial charge in [-0.15, -0.1) is 0 Å². The van der Waals surface area contributed by atoms with Gasteiger partial charge in [-0.3, -0.25) is 19.3 Å². The molecule has 0 radical (unpaired) electrons. The number of halogens is 1. The average molecular weight is 299 g/mol. The summed E-state index contributed by atoms with van der Waals surface area (Å²) in [6.07, 6.45) is 0. The molecule has 0 spiro atoms. The molecule has 7 heteroatoms. The van der Waals surface area contributed by atoms with Crippen LogP contribution in [0.2, 0.25) is 5.02 Å². The van der Waals surface area contributed by atoms with Gasteiger partial charge in [0.1, 0.15) is 0 Å². The lowest BCUT2D eigenvalue weighted by Crippen LogP contribution is -2.37. The molecule has 19 heavy (non-hydrogen) atoms. The van der Waals surface area contributed by atoms with Crippen LogP contribution in [0.3, 0.4) is 0 Å². The maximum absolute atomic E-state index is 11.8. The first-order chi connectivity index (χ1) is 9.09. The Morgan fingerprint density at radius 3 is 2.74 bits per heavy atom. The third-order valence-electron chi connectivity index (χ3n) is 2.58. The Balaban J connectivity index is 1.86. The van der Waals surface area contributed by atoms with Gasteiger partial charge >= 0.3 is 0 Å². The Bertz CT molecular complexity index is 519. The van der Waals surface area contributed by atoms with Crippen molar-refractivity contribution in [1.82, 2.24) is 10.2 Å². The zero-order chi connectivity index (χ0) is 13.8. The van der Waals surface area contributed by atoms with Gasteiger partial charge in [0, 0.05) is 13.1 Å². The van der Waals surface area contributed by atoms with Crippen molar-refractivity contribution in [2.45, 2.75) is 0 Å². The van der Waals surface area contributed by atoms with Gasteiger partial charge in [0.2, 0.25) is 5.91 Å². The molecule has 1 saturated heterocycles. The number of carbonyl (C=O) groups is 3. The number of carbonyl (C=O) groups excluding carboxylic acids is 3. The third kappa shape index (κ3) is 3.27. The highest BCUT2D eigenvalue weighted by Gasteiger charge is 2.29. The van der Waals surface area contributed by atoms with Gasteiger partial charge in [-0.05, 0) is 12.1 Å². The minimum atomic E-state index is -0.322. The maximum Gasteiger partial charge on any atom is 0.288 e. The molecule has 2 rings (SSSR count). The summed E-state index contributed by atoms with van der Waals surface area (Å²) in [6, 6.07) is 6.68. The van der Waals surface area contributed by atoms with Gasteiger partial charge in [0.25, 0.3) is 11.1 Å². The number of rotatable bonds is 4. The molecule has 1 aliphatic rings. The monoisotopic (exact) mass is 298 g/mol. The number of hydrogen-bond donors (Lipinski definition) is 1.